The van der Waals surface area contributed by atoms with Crippen molar-refractivity contribution >= 4 is 51.6 Å². The number of imidazole rings is 1. The molecular weight excluding hydrogens is 792 g/mol. The molecule has 1 N–H and O–H groups in total. The van der Waals surface area contributed by atoms with E-state index in [1.54, 1.807) is 43.0 Å². The molecule has 16 nitrogen and oxygen atoms in total. The summed E-state index contributed by atoms with van der Waals surface area (Å²) in [5.41, 5.74) is 3.02. The van der Waals surface area contributed by atoms with Crippen molar-refractivity contribution in [3.8, 4) is 16.9 Å². The zero-order valence-electron chi connectivity index (χ0n) is 34.3. The van der Waals surface area contributed by atoms with Gasteiger partial charge in [-0.15, -0.1) is 0 Å². The number of pyridine rings is 1. The van der Waals surface area contributed by atoms with Gasteiger partial charge in [-0.05, 0) is 43.7 Å². The summed E-state index contributed by atoms with van der Waals surface area (Å²) in [5, 5.41) is 8.48. The number of fused-ring (bicyclic) bond motifs is 6. The molecule has 7 heterocycles. The lowest BCUT2D eigenvalue weighted by Gasteiger charge is -2.37. The van der Waals surface area contributed by atoms with Gasteiger partial charge < -0.3 is 39.1 Å². The fourth-order valence-corrected chi connectivity index (χ4v) is 8.61. The van der Waals surface area contributed by atoms with Gasteiger partial charge in [0.15, 0.2) is 11.5 Å². The lowest BCUT2D eigenvalue weighted by atomic mass is 10.1. The minimum absolute atomic E-state index is 0.0367. The average molecular weight is 836 g/mol. The van der Waals surface area contributed by atoms with Gasteiger partial charge in [0.25, 0.3) is 0 Å². The van der Waals surface area contributed by atoms with Crippen LogP contribution in [-0.4, -0.2) is 140 Å². The zero-order chi connectivity index (χ0) is 42.9. The van der Waals surface area contributed by atoms with E-state index in [1.165, 1.54) is 34.0 Å². The third kappa shape index (κ3) is 7.11. The first-order valence-corrected chi connectivity index (χ1v) is 19.9. The highest BCUT2D eigenvalue weighted by Crippen LogP contribution is 2.37. The summed E-state index contributed by atoms with van der Waals surface area (Å²) >= 11 is 0. The number of nitrogens with zero attached hydrogens (tertiary/aromatic N) is 12. The van der Waals surface area contributed by atoms with E-state index < -0.39 is 29.6 Å². The number of ether oxygens (including phenoxy) is 1. The second kappa shape index (κ2) is 15.4. The second-order valence-electron chi connectivity index (χ2n) is 15.9. The van der Waals surface area contributed by atoms with Crippen molar-refractivity contribution in [1.82, 2.24) is 49.0 Å². The molecule has 0 unspecified atom stereocenters. The molecule has 3 atom stereocenters. The number of aromatic nitrogens is 7. The van der Waals surface area contributed by atoms with Gasteiger partial charge in [-0.25, -0.2) is 32.6 Å². The van der Waals surface area contributed by atoms with Crippen molar-refractivity contribution in [2.75, 3.05) is 76.1 Å². The topological polar surface area (TPSA) is 146 Å². The number of methoxy groups -OCH3 is 1. The lowest BCUT2D eigenvalue weighted by molar-refractivity contribution is -0.132. The number of urea groups is 1. The largest absolute Gasteiger partial charge is 0.378 e. The number of hydrogen-bond donors (Lipinski definition) is 1. The normalized spacial score (nSPS) is 19.7. The van der Waals surface area contributed by atoms with Gasteiger partial charge in [-0.3, -0.25) is 4.79 Å². The minimum Gasteiger partial charge on any atom is -0.378 e. The monoisotopic (exact) mass is 835 g/mol. The average Bonchev–Trinajstić information content (AvgIpc) is 3.94. The van der Waals surface area contributed by atoms with Gasteiger partial charge in [0.1, 0.15) is 40.8 Å². The van der Waals surface area contributed by atoms with Crippen LogP contribution in [0.2, 0.25) is 0 Å². The quantitative estimate of drug-likeness (QED) is 0.261. The Morgan fingerprint density at radius 2 is 1.80 bits per heavy atom. The first kappa shape index (κ1) is 39.7. The molecule has 3 aliphatic rings. The summed E-state index contributed by atoms with van der Waals surface area (Å²) in [6.45, 7) is 7.75. The Bertz CT molecular complexity index is 2740. The van der Waals surface area contributed by atoms with Crippen LogP contribution in [0.5, 0.6) is 0 Å². The van der Waals surface area contributed by atoms with E-state index >= 15 is 8.78 Å². The number of benzene rings is 2. The smallest absolute Gasteiger partial charge is 0.319 e. The van der Waals surface area contributed by atoms with E-state index in [0.29, 0.717) is 76.9 Å². The van der Waals surface area contributed by atoms with E-state index in [0.717, 1.165) is 12.1 Å². The summed E-state index contributed by atoms with van der Waals surface area (Å²) in [6.07, 6.45) is 1.36. The van der Waals surface area contributed by atoms with E-state index in [2.05, 4.69) is 22.0 Å². The van der Waals surface area contributed by atoms with Gasteiger partial charge in [-0.1, -0.05) is 12.6 Å². The van der Waals surface area contributed by atoms with Gasteiger partial charge in [0, 0.05) is 83.9 Å². The molecule has 0 aliphatic carbocycles. The molecule has 0 radical (unpaired) electrons. The van der Waals surface area contributed by atoms with Crippen molar-refractivity contribution < 1.29 is 27.5 Å². The number of hydrogen-bond acceptors (Lipinski definition) is 11. The Hall–Kier alpha value is -6.76. The molecule has 3 amide bonds. The van der Waals surface area contributed by atoms with Gasteiger partial charge >= 0.3 is 6.03 Å². The molecule has 3 aliphatic heterocycles. The third-order valence-corrected chi connectivity index (χ3v) is 11.6. The van der Waals surface area contributed by atoms with Gasteiger partial charge in [0.2, 0.25) is 11.9 Å². The number of aryl methyl sites for hydroxylation is 1. The molecule has 0 spiro atoms. The van der Waals surface area contributed by atoms with Crippen molar-refractivity contribution in [3.63, 3.8) is 0 Å². The van der Waals surface area contributed by atoms with Crippen LogP contribution in [0.4, 0.5) is 35.5 Å². The molecule has 6 aromatic rings. The standard InChI is InChI=1S/C42H44F3N13O3/c1-23-19-54(42(60)52(3)4)12-13-55(23)41-50-38(30-18-46-58(39(30)51-41)34-11-10-25(43)15-31(34)45)57-20-27-17-35(57)40(59)53(5)21-28(61-6)22-56-24(2)47-33-16-26(44)14-29(37(33)56)32-8-7-9-36(48-27)49-32/h7-11,14-16,18,27-28,35H,1,12-13,17,19-22H2,2-6H3,(H,48,49)/t27-,28-,35-/m0/s1. The molecule has 9 rings (SSSR count). The minimum atomic E-state index is -0.848. The van der Waals surface area contributed by atoms with Crippen LogP contribution < -0.4 is 15.1 Å². The zero-order valence-corrected chi connectivity index (χ0v) is 34.3. The molecular formula is C42H44F3N13O3. The molecule has 4 bridgehead atoms. The number of amides is 3. The Balaban J connectivity index is 1.16. The number of rotatable bonds is 4. The van der Waals surface area contributed by atoms with Gasteiger partial charge in [0.05, 0.1) is 47.5 Å². The molecule has 2 fully saturated rings. The first-order valence-electron chi connectivity index (χ1n) is 19.9. The van der Waals surface area contributed by atoms with Crippen LogP contribution in [0, 0.1) is 24.4 Å². The van der Waals surface area contributed by atoms with Crippen molar-refractivity contribution in [1.29, 1.82) is 0 Å². The summed E-state index contributed by atoms with van der Waals surface area (Å²) in [6, 6.07) is 10.3. The number of carbonyl (C=O) groups is 2. The number of carbonyl (C=O) groups excluding carboxylic acids is 2. The SMILES string of the molecule is C=C1CN(C(=O)N(C)C)CCN1c1nc(N2C[C@@H]3C[C@H]2C(=O)N(C)C[C@H](OC)Cn2c(C)nc4cc(F)cc(c42)-c2cccc(n2)N3)c2cnn(-c3ccc(F)cc3F)c2n1. The highest BCUT2D eigenvalue weighted by atomic mass is 19.1. The van der Waals surface area contributed by atoms with Crippen LogP contribution in [0.25, 0.3) is 39.0 Å². The summed E-state index contributed by atoms with van der Waals surface area (Å²) < 4.78 is 54.0. The van der Waals surface area contributed by atoms with Crippen LogP contribution in [0.15, 0.2) is 67.0 Å². The molecule has 316 valence electrons. The summed E-state index contributed by atoms with van der Waals surface area (Å²) in [4.78, 5) is 55.9. The Kier molecular flexibility index (Phi) is 10.00. The summed E-state index contributed by atoms with van der Waals surface area (Å²) in [5.74, 6) is -0.513. The fraction of sp³-hybridized carbons (Fsp3) is 0.357. The van der Waals surface area contributed by atoms with E-state index in [4.69, 9.17) is 19.7 Å². The molecule has 2 aromatic carbocycles. The van der Waals surface area contributed by atoms with E-state index in [1.807, 2.05) is 34.6 Å². The van der Waals surface area contributed by atoms with E-state index in [9.17, 15) is 14.0 Å². The molecule has 61 heavy (non-hydrogen) atoms. The second-order valence-corrected chi connectivity index (χ2v) is 15.9. The molecule has 4 aromatic heterocycles. The number of halogens is 3. The Morgan fingerprint density at radius 3 is 2.56 bits per heavy atom. The van der Waals surface area contributed by atoms with Crippen molar-refractivity contribution in [2.45, 2.75) is 38.1 Å². The van der Waals surface area contributed by atoms with Crippen LogP contribution in [0.3, 0.4) is 0 Å². The first-order chi connectivity index (χ1) is 29.3. The van der Waals surface area contributed by atoms with Crippen molar-refractivity contribution in [3.05, 3.63) is 90.3 Å². The highest BCUT2D eigenvalue weighted by molar-refractivity contribution is 5.94. The highest BCUT2D eigenvalue weighted by Gasteiger charge is 2.42. The Labute approximate surface area is 348 Å². The maximum atomic E-state index is 15.4. The fourth-order valence-electron chi connectivity index (χ4n) is 8.61. The van der Waals surface area contributed by atoms with Crippen molar-refractivity contribution in [2.24, 2.45) is 0 Å². The Morgan fingerprint density at radius 1 is 0.984 bits per heavy atom. The van der Waals surface area contributed by atoms with Crippen LogP contribution >= 0.6 is 0 Å². The number of nitrogens with one attached hydrogen (secondary N) is 1. The predicted molar refractivity (Wildman–Crippen MR) is 223 cm³/mol. The third-order valence-electron chi connectivity index (χ3n) is 11.6. The number of likely N-dealkylation sites (N-methyl/N-ethyl adjacent to an activating group) is 1. The molecule has 2 saturated heterocycles. The summed E-state index contributed by atoms with van der Waals surface area (Å²) in [7, 11) is 6.67. The predicted octanol–water partition coefficient (Wildman–Crippen LogP) is 4.82. The number of piperazine rings is 1. The van der Waals surface area contributed by atoms with E-state index in [-0.39, 0.29) is 54.9 Å². The molecule has 0 saturated carbocycles. The van der Waals surface area contributed by atoms with Crippen LogP contribution in [-0.2, 0) is 16.1 Å². The number of anilines is 3. The maximum absolute atomic E-state index is 15.4. The van der Waals surface area contributed by atoms with Gasteiger partial charge in [-0.2, -0.15) is 15.1 Å². The lowest BCUT2D eigenvalue weighted by Crippen LogP contribution is -2.50. The van der Waals surface area contributed by atoms with Crippen LogP contribution in [0.1, 0.15) is 12.2 Å². The maximum Gasteiger partial charge on any atom is 0.319 e. The molecule has 19 heteroatoms.